The van der Waals surface area contributed by atoms with Gasteiger partial charge in [0.1, 0.15) is 12.1 Å². The normalized spacial score (nSPS) is 11.6. The molecular weight excluding hydrogens is 331 g/mol. The third-order valence-corrected chi connectivity index (χ3v) is 2.93. The van der Waals surface area contributed by atoms with Crippen LogP contribution in [-0.2, 0) is 17.5 Å². The van der Waals surface area contributed by atoms with E-state index in [1.807, 2.05) is 5.32 Å². The summed E-state index contributed by atoms with van der Waals surface area (Å²) in [6, 6.07) is 6.41. The van der Waals surface area contributed by atoms with Crippen LogP contribution in [0.4, 0.5) is 19.1 Å². The number of benzene rings is 1. The van der Waals surface area contributed by atoms with Crippen LogP contribution in [0.3, 0.4) is 0 Å². The van der Waals surface area contributed by atoms with Crippen molar-refractivity contribution < 1.29 is 18.0 Å². The molecule has 0 aliphatic carbocycles. The van der Waals surface area contributed by atoms with Crippen molar-refractivity contribution in [1.29, 1.82) is 0 Å². The third kappa shape index (κ3) is 3.06. The van der Waals surface area contributed by atoms with Gasteiger partial charge in [0.25, 0.3) is 5.56 Å². The lowest BCUT2D eigenvalue weighted by atomic mass is 10.2. The van der Waals surface area contributed by atoms with Crippen LogP contribution in [0.1, 0.15) is 5.82 Å². The maximum absolute atomic E-state index is 12.4. The number of nitrogens with one attached hydrogen (secondary N) is 2. The molecule has 12 heteroatoms. The first kappa shape index (κ1) is 15.6. The SMILES string of the molecule is O=C(Cn1nnc2ccccc2c1=O)Nc1n[nH]c(C(F)(F)F)n1. The minimum Gasteiger partial charge on any atom is -0.292 e. The average molecular weight is 339 g/mol. The number of nitrogens with zero attached hydrogens (tertiary/aromatic N) is 5. The second kappa shape index (κ2) is 5.72. The number of anilines is 1. The number of rotatable bonds is 3. The van der Waals surface area contributed by atoms with Crippen molar-refractivity contribution in [2.75, 3.05) is 5.32 Å². The fourth-order valence-electron chi connectivity index (χ4n) is 1.87. The molecule has 9 nitrogen and oxygen atoms in total. The zero-order valence-electron chi connectivity index (χ0n) is 11.7. The van der Waals surface area contributed by atoms with Crippen LogP contribution in [0.25, 0.3) is 10.9 Å². The number of H-pyrrole nitrogens is 1. The van der Waals surface area contributed by atoms with E-state index in [9.17, 15) is 22.8 Å². The molecule has 2 aromatic heterocycles. The highest BCUT2D eigenvalue weighted by Crippen LogP contribution is 2.26. The van der Waals surface area contributed by atoms with Gasteiger partial charge in [0.2, 0.25) is 17.7 Å². The molecule has 1 aromatic carbocycles. The van der Waals surface area contributed by atoms with Crippen molar-refractivity contribution >= 4 is 22.8 Å². The van der Waals surface area contributed by atoms with Crippen molar-refractivity contribution in [2.24, 2.45) is 0 Å². The molecule has 0 radical (unpaired) electrons. The van der Waals surface area contributed by atoms with Crippen LogP contribution < -0.4 is 10.9 Å². The number of halogens is 3. The molecule has 0 bridgehead atoms. The number of hydrogen-bond donors (Lipinski definition) is 2. The number of alkyl halides is 3. The van der Waals surface area contributed by atoms with Gasteiger partial charge in [0.15, 0.2) is 0 Å². The van der Waals surface area contributed by atoms with Crippen molar-refractivity contribution in [3.05, 3.63) is 40.4 Å². The lowest BCUT2D eigenvalue weighted by Crippen LogP contribution is -2.30. The molecule has 2 N–H and O–H groups in total. The van der Waals surface area contributed by atoms with E-state index in [0.29, 0.717) is 5.52 Å². The number of carbonyl (C=O) groups excluding carboxylic acids is 1. The highest BCUT2D eigenvalue weighted by molar-refractivity contribution is 5.88. The second-order valence-electron chi connectivity index (χ2n) is 4.62. The van der Waals surface area contributed by atoms with Crippen LogP contribution in [0.15, 0.2) is 29.1 Å². The first-order valence-electron chi connectivity index (χ1n) is 6.46. The van der Waals surface area contributed by atoms with Crippen LogP contribution >= 0.6 is 0 Å². The van der Waals surface area contributed by atoms with Gasteiger partial charge in [-0.1, -0.05) is 17.3 Å². The molecule has 3 aromatic rings. The van der Waals surface area contributed by atoms with Gasteiger partial charge < -0.3 is 0 Å². The number of carbonyl (C=O) groups is 1. The molecule has 0 saturated heterocycles. The molecule has 24 heavy (non-hydrogen) atoms. The third-order valence-electron chi connectivity index (χ3n) is 2.93. The number of aromatic nitrogens is 6. The van der Waals surface area contributed by atoms with Gasteiger partial charge >= 0.3 is 6.18 Å². The Balaban J connectivity index is 1.77. The smallest absolute Gasteiger partial charge is 0.292 e. The van der Waals surface area contributed by atoms with Crippen molar-refractivity contribution in [2.45, 2.75) is 12.7 Å². The van der Waals surface area contributed by atoms with Gasteiger partial charge in [-0.3, -0.25) is 20.0 Å². The molecule has 0 aliphatic rings. The van der Waals surface area contributed by atoms with E-state index in [0.717, 1.165) is 4.68 Å². The van der Waals surface area contributed by atoms with E-state index in [2.05, 4.69) is 20.4 Å². The molecule has 3 rings (SSSR count). The van der Waals surface area contributed by atoms with Crippen LogP contribution in [-0.4, -0.2) is 36.1 Å². The maximum Gasteiger partial charge on any atom is 0.451 e. The molecule has 0 aliphatic heterocycles. The van der Waals surface area contributed by atoms with Gasteiger partial charge in [-0.2, -0.15) is 18.2 Å². The summed E-state index contributed by atoms with van der Waals surface area (Å²) in [4.78, 5) is 27.1. The molecule has 124 valence electrons. The second-order valence-corrected chi connectivity index (χ2v) is 4.62. The van der Waals surface area contributed by atoms with Crippen molar-refractivity contribution in [3.8, 4) is 0 Å². The quantitative estimate of drug-likeness (QED) is 0.720. The van der Waals surface area contributed by atoms with Crippen LogP contribution in [0, 0.1) is 0 Å². The predicted octanol–water partition coefficient (Wildman–Crippen LogP) is 0.567. The zero-order valence-corrected chi connectivity index (χ0v) is 11.7. The Kier molecular flexibility index (Phi) is 3.71. The van der Waals surface area contributed by atoms with Gasteiger partial charge in [0, 0.05) is 0 Å². The number of hydrogen-bond acceptors (Lipinski definition) is 6. The Morgan fingerprint density at radius 2 is 2.04 bits per heavy atom. The van der Waals surface area contributed by atoms with Gasteiger partial charge in [-0.05, 0) is 12.1 Å². The van der Waals surface area contributed by atoms with Crippen LogP contribution in [0.5, 0.6) is 0 Å². The highest BCUT2D eigenvalue weighted by atomic mass is 19.4. The summed E-state index contributed by atoms with van der Waals surface area (Å²) >= 11 is 0. The summed E-state index contributed by atoms with van der Waals surface area (Å²) < 4.78 is 37.9. The molecular formula is C12H8F3N7O2. The lowest BCUT2D eigenvalue weighted by molar-refractivity contribution is -0.144. The summed E-state index contributed by atoms with van der Waals surface area (Å²) in [7, 11) is 0. The summed E-state index contributed by atoms with van der Waals surface area (Å²) in [5, 5.41) is 14.6. The molecule has 0 fully saturated rings. The van der Waals surface area contributed by atoms with E-state index >= 15 is 0 Å². The summed E-state index contributed by atoms with van der Waals surface area (Å²) in [5.74, 6) is -2.73. The summed E-state index contributed by atoms with van der Waals surface area (Å²) in [6.45, 7) is -0.549. The minimum absolute atomic E-state index is 0.262. The molecule has 0 atom stereocenters. The number of fused-ring (bicyclic) bond motifs is 1. The first-order valence-corrected chi connectivity index (χ1v) is 6.46. The van der Waals surface area contributed by atoms with Crippen LogP contribution in [0.2, 0.25) is 0 Å². The maximum atomic E-state index is 12.4. The van der Waals surface area contributed by atoms with E-state index < -0.39 is 36.0 Å². The Labute approximate surface area is 130 Å². The first-order chi connectivity index (χ1) is 11.3. The molecule has 1 amide bonds. The fraction of sp³-hybridized carbons (Fsp3) is 0.167. The molecule has 0 unspecified atom stereocenters. The number of aromatic amines is 1. The van der Waals surface area contributed by atoms with Gasteiger partial charge in [-0.15, -0.1) is 10.2 Å². The minimum atomic E-state index is -4.71. The van der Waals surface area contributed by atoms with E-state index in [1.165, 1.54) is 6.07 Å². The monoisotopic (exact) mass is 339 g/mol. The Bertz CT molecular complexity index is 963. The van der Waals surface area contributed by atoms with Gasteiger partial charge in [-0.25, -0.2) is 4.68 Å². The summed E-state index contributed by atoms with van der Waals surface area (Å²) in [5.41, 5.74) is -0.190. The molecule has 0 saturated carbocycles. The number of amides is 1. The molecule has 0 spiro atoms. The Morgan fingerprint density at radius 3 is 2.75 bits per heavy atom. The molecule has 2 heterocycles. The van der Waals surface area contributed by atoms with E-state index in [1.54, 1.807) is 23.3 Å². The largest absolute Gasteiger partial charge is 0.451 e. The van der Waals surface area contributed by atoms with E-state index in [4.69, 9.17) is 0 Å². The highest BCUT2D eigenvalue weighted by Gasteiger charge is 2.35. The van der Waals surface area contributed by atoms with Crippen molar-refractivity contribution in [3.63, 3.8) is 0 Å². The average Bonchev–Trinajstić information content (AvgIpc) is 2.99. The van der Waals surface area contributed by atoms with E-state index in [-0.39, 0.29) is 5.39 Å². The fourth-order valence-corrected chi connectivity index (χ4v) is 1.87. The topological polar surface area (TPSA) is 118 Å². The summed E-state index contributed by atoms with van der Waals surface area (Å²) in [6.07, 6.45) is -4.71. The van der Waals surface area contributed by atoms with Gasteiger partial charge in [0.05, 0.1) is 5.39 Å². The standard InChI is InChI=1S/C12H8F3N7O2/c13-12(14,15)10-17-11(20-19-10)16-8(23)5-22-9(24)6-3-1-2-4-7(6)18-21-22/h1-4H,5H2,(H2,16,17,19,20,23). The Morgan fingerprint density at radius 1 is 1.29 bits per heavy atom. The zero-order chi connectivity index (χ0) is 17.3. The lowest BCUT2D eigenvalue weighted by Gasteiger charge is -2.04. The Hall–Kier alpha value is -3.31. The van der Waals surface area contributed by atoms with Crippen molar-refractivity contribution in [1.82, 2.24) is 30.2 Å². The predicted molar refractivity (Wildman–Crippen MR) is 73.8 cm³/mol.